The summed E-state index contributed by atoms with van der Waals surface area (Å²) < 4.78 is 28.2. The van der Waals surface area contributed by atoms with E-state index in [1.165, 1.54) is 6.20 Å². The average Bonchev–Trinajstić information content (AvgIpc) is 3.03. The van der Waals surface area contributed by atoms with E-state index in [1.54, 1.807) is 21.4 Å². The number of rotatable bonds is 4. The van der Waals surface area contributed by atoms with Crippen molar-refractivity contribution < 1.29 is 8.42 Å². The number of hydrogen-bond donors (Lipinski definition) is 0. The van der Waals surface area contributed by atoms with Crippen LogP contribution in [0.5, 0.6) is 0 Å². The van der Waals surface area contributed by atoms with E-state index >= 15 is 0 Å². The Morgan fingerprint density at radius 3 is 2.85 bits per heavy atom. The maximum absolute atomic E-state index is 12.4. The Kier molecular flexibility index (Phi) is 3.06. The summed E-state index contributed by atoms with van der Waals surface area (Å²) in [5.74, 6) is -0.147. The minimum Gasteiger partial charge on any atom is -0.322 e. The summed E-state index contributed by atoms with van der Waals surface area (Å²) in [6.45, 7) is 2.45. The molecule has 3 heterocycles. The Morgan fingerprint density at radius 2 is 2.10 bits per heavy atom. The lowest BCUT2D eigenvalue weighted by Crippen LogP contribution is -2.12. The normalized spacial score (nSPS) is 12.1. The van der Waals surface area contributed by atoms with Crippen LogP contribution < -0.4 is 0 Å². The molecule has 0 unspecified atom stereocenters. The molecule has 6 nitrogen and oxygen atoms in total. The van der Waals surface area contributed by atoms with E-state index in [2.05, 4.69) is 9.97 Å². The van der Waals surface area contributed by atoms with E-state index in [0.29, 0.717) is 12.2 Å². The van der Waals surface area contributed by atoms with E-state index < -0.39 is 9.84 Å². The molecule has 0 atom stereocenters. The number of pyridine rings is 1. The molecule has 7 heteroatoms. The van der Waals surface area contributed by atoms with Crippen LogP contribution in [0.2, 0.25) is 0 Å². The van der Waals surface area contributed by atoms with Crippen LogP contribution in [-0.2, 0) is 22.1 Å². The van der Waals surface area contributed by atoms with Gasteiger partial charge in [-0.1, -0.05) is 6.07 Å². The number of hydrogen-bond acceptors (Lipinski definition) is 4. The van der Waals surface area contributed by atoms with Gasteiger partial charge in [0.15, 0.2) is 0 Å². The Bertz CT molecular complexity index is 815. The Balaban J connectivity index is 1.97. The molecule has 0 saturated carbocycles. The molecule has 0 aliphatic rings. The zero-order valence-electron chi connectivity index (χ0n) is 11.0. The molecule has 20 heavy (non-hydrogen) atoms. The number of nitrogens with zero attached hydrogens (tertiary/aromatic N) is 4. The van der Waals surface area contributed by atoms with Gasteiger partial charge in [-0.05, 0) is 19.1 Å². The zero-order valence-corrected chi connectivity index (χ0v) is 11.8. The van der Waals surface area contributed by atoms with Crippen molar-refractivity contribution >= 4 is 15.5 Å². The predicted octanol–water partition coefficient (Wildman–Crippen LogP) is 1.52. The molecule has 3 aromatic rings. The second-order valence-corrected chi connectivity index (χ2v) is 6.34. The summed E-state index contributed by atoms with van der Waals surface area (Å²) in [6.07, 6.45) is 6.73. The summed E-state index contributed by atoms with van der Waals surface area (Å²) in [5, 5.41) is 0.0945. The fourth-order valence-electron chi connectivity index (χ4n) is 2.13. The van der Waals surface area contributed by atoms with Gasteiger partial charge in [0.05, 0.1) is 5.69 Å². The van der Waals surface area contributed by atoms with Gasteiger partial charge in [0.25, 0.3) is 0 Å². The number of fused-ring (bicyclic) bond motifs is 1. The van der Waals surface area contributed by atoms with Crippen LogP contribution in [0.3, 0.4) is 0 Å². The van der Waals surface area contributed by atoms with Crippen LogP contribution in [0.25, 0.3) is 5.65 Å². The van der Waals surface area contributed by atoms with Gasteiger partial charge in [0.1, 0.15) is 11.4 Å². The van der Waals surface area contributed by atoms with Gasteiger partial charge in [-0.25, -0.2) is 18.4 Å². The fraction of sp³-hybridized carbons (Fsp3) is 0.231. The van der Waals surface area contributed by atoms with Crippen molar-refractivity contribution in [2.45, 2.75) is 24.4 Å². The van der Waals surface area contributed by atoms with Crippen LogP contribution in [-0.4, -0.2) is 27.4 Å². The molecule has 0 N–H and O–H groups in total. The average molecular weight is 290 g/mol. The van der Waals surface area contributed by atoms with Gasteiger partial charge < -0.3 is 8.97 Å². The van der Waals surface area contributed by atoms with Crippen LogP contribution >= 0.6 is 0 Å². The fourth-order valence-corrected chi connectivity index (χ4v) is 3.56. The third kappa shape index (κ3) is 2.20. The van der Waals surface area contributed by atoms with Crippen molar-refractivity contribution in [2.75, 3.05) is 0 Å². The molecule has 0 fully saturated rings. The molecule has 0 radical (unpaired) electrons. The highest BCUT2D eigenvalue weighted by Gasteiger charge is 2.22. The van der Waals surface area contributed by atoms with E-state index in [-0.39, 0.29) is 10.9 Å². The minimum absolute atomic E-state index is 0.0945. The predicted molar refractivity (Wildman–Crippen MR) is 74.0 cm³/mol. The number of sulfone groups is 1. The van der Waals surface area contributed by atoms with Gasteiger partial charge in [-0.15, -0.1) is 0 Å². The first-order valence-electron chi connectivity index (χ1n) is 6.26. The van der Waals surface area contributed by atoms with Crippen molar-refractivity contribution in [2.24, 2.45) is 0 Å². The zero-order chi connectivity index (χ0) is 14.2. The molecule has 0 aromatic carbocycles. The minimum atomic E-state index is -3.48. The molecule has 104 valence electrons. The maximum Gasteiger partial charge on any atom is 0.228 e. The molecule has 0 saturated heterocycles. The van der Waals surface area contributed by atoms with Crippen LogP contribution in [0, 0.1) is 0 Å². The monoisotopic (exact) mass is 290 g/mol. The molecular weight excluding hydrogens is 276 g/mol. The van der Waals surface area contributed by atoms with Gasteiger partial charge in [0.2, 0.25) is 15.0 Å². The number of aryl methyl sites for hydroxylation is 1. The Morgan fingerprint density at radius 1 is 1.25 bits per heavy atom. The van der Waals surface area contributed by atoms with E-state index in [0.717, 1.165) is 5.65 Å². The highest BCUT2D eigenvalue weighted by atomic mass is 32.2. The highest BCUT2D eigenvalue weighted by Crippen LogP contribution is 2.15. The molecule has 0 aliphatic carbocycles. The van der Waals surface area contributed by atoms with Crippen LogP contribution in [0.4, 0.5) is 0 Å². The number of imidazole rings is 2. The first-order valence-corrected chi connectivity index (χ1v) is 7.92. The summed E-state index contributed by atoms with van der Waals surface area (Å²) in [6, 6.07) is 5.57. The molecule has 3 aromatic heterocycles. The second-order valence-electron chi connectivity index (χ2n) is 4.45. The topological polar surface area (TPSA) is 69.3 Å². The SMILES string of the molecule is CCn1ccnc1S(=O)(=O)Cc1cn2ccccc2n1. The van der Waals surface area contributed by atoms with E-state index in [9.17, 15) is 8.42 Å². The molecule has 0 amide bonds. The summed E-state index contributed by atoms with van der Waals surface area (Å²) in [4.78, 5) is 8.26. The lowest BCUT2D eigenvalue weighted by molar-refractivity contribution is 0.567. The maximum atomic E-state index is 12.4. The molecule has 0 bridgehead atoms. The third-order valence-corrected chi connectivity index (χ3v) is 4.62. The first kappa shape index (κ1) is 12.9. The van der Waals surface area contributed by atoms with Crippen molar-refractivity contribution in [3.63, 3.8) is 0 Å². The number of aromatic nitrogens is 4. The molecule has 3 rings (SSSR count). The Hall–Kier alpha value is -2.15. The van der Waals surface area contributed by atoms with E-state index in [4.69, 9.17) is 0 Å². The summed E-state index contributed by atoms with van der Waals surface area (Å²) >= 11 is 0. The third-order valence-electron chi connectivity index (χ3n) is 3.05. The summed E-state index contributed by atoms with van der Waals surface area (Å²) in [5.41, 5.74) is 1.25. The van der Waals surface area contributed by atoms with Crippen LogP contribution in [0.1, 0.15) is 12.6 Å². The van der Waals surface area contributed by atoms with Gasteiger partial charge in [0, 0.05) is 31.3 Å². The Labute approximate surface area is 116 Å². The van der Waals surface area contributed by atoms with Gasteiger partial charge in [-0.2, -0.15) is 0 Å². The van der Waals surface area contributed by atoms with Crippen molar-refractivity contribution in [3.05, 3.63) is 48.7 Å². The highest BCUT2D eigenvalue weighted by molar-refractivity contribution is 7.90. The molecule has 0 spiro atoms. The van der Waals surface area contributed by atoms with E-state index in [1.807, 2.05) is 31.3 Å². The van der Waals surface area contributed by atoms with Crippen molar-refractivity contribution in [1.82, 2.24) is 18.9 Å². The lowest BCUT2D eigenvalue weighted by Gasteiger charge is -2.04. The molecule has 0 aliphatic heterocycles. The quantitative estimate of drug-likeness (QED) is 0.730. The van der Waals surface area contributed by atoms with Crippen molar-refractivity contribution in [1.29, 1.82) is 0 Å². The summed E-state index contributed by atoms with van der Waals surface area (Å²) in [7, 11) is -3.48. The van der Waals surface area contributed by atoms with Crippen molar-refractivity contribution in [3.8, 4) is 0 Å². The second kappa shape index (κ2) is 4.75. The van der Waals surface area contributed by atoms with Gasteiger partial charge >= 0.3 is 0 Å². The smallest absolute Gasteiger partial charge is 0.228 e. The lowest BCUT2D eigenvalue weighted by atomic mass is 10.5. The standard InChI is InChI=1S/C13H14N4O2S/c1-2-16-8-6-14-13(16)20(18,19)10-11-9-17-7-4-3-5-12(17)15-11/h3-9H,2,10H2,1H3. The molecular formula is C13H14N4O2S. The first-order chi connectivity index (χ1) is 9.60. The largest absolute Gasteiger partial charge is 0.322 e. The van der Waals surface area contributed by atoms with Gasteiger partial charge in [-0.3, -0.25) is 0 Å². The van der Waals surface area contributed by atoms with Crippen LogP contribution in [0.15, 0.2) is 48.1 Å².